The molecule has 0 fully saturated rings. The summed E-state index contributed by atoms with van der Waals surface area (Å²) in [6.45, 7) is 0. The van der Waals surface area contributed by atoms with Gasteiger partial charge in [-0.25, -0.2) is 0 Å². The van der Waals surface area contributed by atoms with Crippen LogP contribution in [0.3, 0.4) is 0 Å². The van der Waals surface area contributed by atoms with Crippen molar-refractivity contribution in [3.05, 3.63) is 47.0 Å². The molecule has 4 nitrogen and oxygen atoms in total. The average molecular weight is 290 g/mol. The van der Waals surface area contributed by atoms with Gasteiger partial charge in [0.25, 0.3) is 0 Å². The fourth-order valence-corrected chi connectivity index (χ4v) is 1.90. The first-order chi connectivity index (χ1) is 9.69. The van der Waals surface area contributed by atoms with Crippen LogP contribution >= 0.6 is 11.6 Å². The topological polar surface area (TPSA) is 51.5 Å². The van der Waals surface area contributed by atoms with Gasteiger partial charge in [-0.05, 0) is 24.3 Å². The molecule has 0 radical (unpaired) electrons. The van der Waals surface area contributed by atoms with E-state index in [1.54, 1.807) is 50.6 Å². The van der Waals surface area contributed by atoms with E-state index < -0.39 is 0 Å². The minimum atomic E-state index is 0.332. The van der Waals surface area contributed by atoms with Crippen LogP contribution in [0.2, 0.25) is 5.02 Å². The summed E-state index contributed by atoms with van der Waals surface area (Å²) < 4.78 is 16.2. The molecular weight excluding hydrogens is 278 g/mol. The monoisotopic (exact) mass is 289 g/mol. The zero-order valence-corrected chi connectivity index (χ0v) is 11.8. The maximum Gasteiger partial charge on any atom is 0.210 e. The maximum atomic E-state index is 8.85. The van der Waals surface area contributed by atoms with Crippen molar-refractivity contribution >= 4 is 11.6 Å². The van der Waals surface area contributed by atoms with Gasteiger partial charge in [-0.1, -0.05) is 17.7 Å². The third-order valence-corrected chi connectivity index (χ3v) is 2.98. The second kappa shape index (κ2) is 6.18. The molecule has 0 heterocycles. The molecule has 0 aliphatic rings. The predicted octanol–water partition coefficient (Wildman–Crippen LogP) is 4.02. The SMILES string of the molecule is COc1cccc(OC)c1Oc1ccc(C#N)c(Cl)c1. The number of rotatable bonds is 4. The Morgan fingerprint density at radius 1 is 1.05 bits per heavy atom. The van der Waals surface area contributed by atoms with Crippen molar-refractivity contribution in [2.75, 3.05) is 14.2 Å². The fraction of sp³-hybridized carbons (Fsp3) is 0.133. The predicted molar refractivity (Wildman–Crippen MR) is 75.8 cm³/mol. The van der Waals surface area contributed by atoms with E-state index in [0.717, 1.165) is 0 Å². The van der Waals surface area contributed by atoms with Crippen molar-refractivity contribution in [3.8, 4) is 29.1 Å². The van der Waals surface area contributed by atoms with Crippen LogP contribution in [0, 0.1) is 11.3 Å². The van der Waals surface area contributed by atoms with Crippen molar-refractivity contribution in [2.45, 2.75) is 0 Å². The molecule has 102 valence electrons. The van der Waals surface area contributed by atoms with E-state index in [-0.39, 0.29) is 0 Å². The molecule has 0 atom stereocenters. The van der Waals surface area contributed by atoms with Gasteiger partial charge in [-0.15, -0.1) is 0 Å². The van der Waals surface area contributed by atoms with E-state index in [1.807, 2.05) is 6.07 Å². The van der Waals surface area contributed by atoms with E-state index >= 15 is 0 Å². The van der Waals surface area contributed by atoms with Gasteiger partial charge in [-0.2, -0.15) is 5.26 Å². The number of ether oxygens (including phenoxy) is 3. The van der Waals surface area contributed by atoms with E-state index in [0.29, 0.717) is 33.6 Å². The molecule has 0 N–H and O–H groups in total. The lowest BCUT2D eigenvalue weighted by molar-refractivity contribution is 0.346. The molecule has 0 aliphatic heterocycles. The number of nitrogens with zero attached hydrogens (tertiary/aromatic N) is 1. The lowest BCUT2D eigenvalue weighted by Crippen LogP contribution is -1.94. The zero-order valence-electron chi connectivity index (χ0n) is 11.0. The molecule has 2 aromatic rings. The van der Waals surface area contributed by atoms with E-state index in [1.165, 1.54) is 0 Å². The van der Waals surface area contributed by atoms with E-state index in [2.05, 4.69) is 0 Å². The van der Waals surface area contributed by atoms with Crippen molar-refractivity contribution in [1.29, 1.82) is 5.26 Å². The lowest BCUT2D eigenvalue weighted by Gasteiger charge is -2.14. The summed E-state index contributed by atoms with van der Waals surface area (Å²) in [6, 6.07) is 12.2. The molecule has 0 aliphatic carbocycles. The van der Waals surface area contributed by atoms with Gasteiger partial charge in [0, 0.05) is 6.07 Å². The van der Waals surface area contributed by atoms with Gasteiger partial charge < -0.3 is 14.2 Å². The van der Waals surface area contributed by atoms with Gasteiger partial charge in [0.05, 0.1) is 24.8 Å². The number of nitriles is 1. The first-order valence-corrected chi connectivity index (χ1v) is 6.16. The number of halogens is 1. The van der Waals surface area contributed by atoms with E-state index in [9.17, 15) is 0 Å². The first kappa shape index (κ1) is 14.0. The fourth-order valence-electron chi connectivity index (χ4n) is 1.69. The molecule has 0 spiro atoms. The normalized spacial score (nSPS) is 9.70. The molecular formula is C15H12ClNO3. The highest BCUT2D eigenvalue weighted by Crippen LogP contribution is 2.40. The van der Waals surface area contributed by atoms with Crippen LogP contribution in [0.4, 0.5) is 0 Å². The Bertz CT molecular complexity index is 642. The van der Waals surface area contributed by atoms with Crippen molar-refractivity contribution in [1.82, 2.24) is 0 Å². The second-order valence-corrected chi connectivity index (χ2v) is 4.25. The minimum Gasteiger partial charge on any atom is -0.493 e. The Kier molecular flexibility index (Phi) is 4.34. The van der Waals surface area contributed by atoms with Gasteiger partial charge in [0.15, 0.2) is 11.5 Å². The van der Waals surface area contributed by atoms with Gasteiger partial charge in [0.1, 0.15) is 11.8 Å². The lowest BCUT2D eigenvalue weighted by atomic mass is 10.2. The van der Waals surface area contributed by atoms with Gasteiger partial charge >= 0.3 is 0 Å². The Balaban J connectivity index is 2.39. The summed E-state index contributed by atoms with van der Waals surface area (Å²) in [6.07, 6.45) is 0. The molecule has 5 heteroatoms. The summed E-state index contributed by atoms with van der Waals surface area (Å²) in [5, 5.41) is 9.18. The maximum absolute atomic E-state index is 8.85. The molecule has 0 aromatic heterocycles. The molecule has 0 bridgehead atoms. The Hall–Kier alpha value is -2.38. The Morgan fingerprint density at radius 2 is 1.70 bits per heavy atom. The third kappa shape index (κ3) is 2.79. The van der Waals surface area contributed by atoms with Crippen LogP contribution in [0.15, 0.2) is 36.4 Å². The highest BCUT2D eigenvalue weighted by Gasteiger charge is 2.13. The average Bonchev–Trinajstić information content (AvgIpc) is 2.47. The number of para-hydroxylation sites is 1. The van der Waals surface area contributed by atoms with Gasteiger partial charge in [0.2, 0.25) is 5.75 Å². The number of methoxy groups -OCH3 is 2. The van der Waals surface area contributed by atoms with Crippen LogP contribution < -0.4 is 14.2 Å². The molecule has 0 saturated heterocycles. The number of benzene rings is 2. The molecule has 20 heavy (non-hydrogen) atoms. The number of hydrogen-bond acceptors (Lipinski definition) is 4. The minimum absolute atomic E-state index is 0.332. The molecule has 2 aromatic carbocycles. The molecule has 0 saturated carbocycles. The largest absolute Gasteiger partial charge is 0.493 e. The van der Waals surface area contributed by atoms with Crippen LogP contribution in [-0.2, 0) is 0 Å². The smallest absolute Gasteiger partial charge is 0.210 e. The highest BCUT2D eigenvalue weighted by molar-refractivity contribution is 6.31. The summed E-state index contributed by atoms with van der Waals surface area (Å²) in [5.74, 6) is 2.05. The van der Waals surface area contributed by atoms with Gasteiger partial charge in [-0.3, -0.25) is 0 Å². The first-order valence-electron chi connectivity index (χ1n) is 5.78. The van der Waals surface area contributed by atoms with E-state index in [4.69, 9.17) is 31.1 Å². The zero-order chi connectivity index (χ0) is 14.5. The Morgan fingerprint density at radius 3 is 2.20 bits per heavy atom. The quantitative estimate of drug-likeness (QED) is 0.853. The Labute approximate surface area is 122 Å². The molecule has 0 unspecified atom stereocenters. The third-order valence-electron chi connectivity index (χ3n) is 2.66. The highest BCUT2D eigenvalue weighted by atomic mass is 35.5. The van der Waals surface area contributed by atoms with Crippen LogP contribution in [0.5, 0.6) is 23.0 Å². The standard InChI is InChI=1S/C15H12ClNO3/c1-18-13-4-3-5-14(19-2)15(13)20-11-7-6-10(9-17)12(16)8-11/h3-8H,1-2H3. The van der Waals surface area contributed by atoms with Crippen molar-refractivity contribution in [3.63, 3.8) is 0 Å². The molecule has 0 amide bonds. The van der Waals surface area contributed by atoms with Crippen LogP contribution in [0.25, 0.3) is 0 Å². The summed E-state index contributed by atoms with van der Waals surface area (Å²) >= 11 is 5.98. The second-order valence-electron chi connectivity index (χ2n) is 3.85. The van der Waals surface area contributed by atoms with Crippen LogP contribution in [0.1, 0.15) is 5.56 Å². The van der Waals surface area contributed by atoms with Crippen LogP contribution in [-0.4, -0.2) is 14.2 Å². The summed E-state index contributed by atoms with van der Waals surface area (Å²) in [5.41, 5.74) is 0.394. The van der Waals surface area contributed by atoms with Crippen molar-refractivity contribution in [2.24, 2.45) is 0 Å². The molecule has 2 rings (SSSR count). The summed E-state index contributed by atoms with van der Waals surface area (Å²) in [7, 11) is 3.10. The van der Waals surface area contributed by atoms with Crippen molar-refractivity contribution < 1.29 is 14.2 Å². The summed E-state index contributed by atoms with van der Waals surface area (Å²) in [4.78, 5) is 0. The number of hydrogen-bond donors (Lipinski definition) is 0.